The average Bonchev–Trinajstić information content (AvgIpc) is 2.38. The van der Waals surface area contributed by atoms with Crippen LogP contribution < -0.4 is 4.90 Å². The Balaban J connectivity index is 2.21. The van der Waals surface area contributed by atoms with E-state index in [2.05, 4.69) is 4.90 Å². The largest absolute Gasteiger partial charge is 0.391 e. The van der Waals surface area contributed by atoms with E-state index in [0.717, 1.165) is 36.9 Å². The first-order valence-corrected chi connectivity index (χ1v) is 7.27. The molecule has 106 valence electrons. The number of halogens is 1. The van der Waals surface area contributed by atoms with Crippen LogP contribution in [0.1, 0.15) is 44.3 Å². The van der Waals surface area contributed by atoms with Gasteiger partial charge in [0.2, 0.25) is 0 Å². The fraction of sp³-hybridized carbons (Fsp3) is 0.600. The molecule has 0 aromatic heterocycles. The quantitative estimate of drug-likeness (QED) is 0.896. The predicted octanol–water partition coefficient (Wildman–Crippen LogP) is 3.13. The Morgan fingerprint density at radius 1 is 1.32 bits per heavy atom. The topological polar surface area (TPSA) is 43.7 Å². The molecule has 4 heteroatoms. The number of rotatable bonds is 3. The van der Waals surface area contributed by atoms with Gasteiger partial charge in [0, 0.05) is 7.05 Å². The summed E-state index contributed by atoms with van der Waals surface area (Å²) in [6.07, 6.45) is 3.29. The lowest BCUT2D eigenvalue weighted by Gasteiger charge is -2.37. The van der Waals surface area contributed by atoms with Gasteiger partial charge in [0.05, 0.1) is 29.0 Å². The molecule has 0 heterocycles. The highest BCUT2D eigenvalue weighted by molar-refractivity contribution is 6.33. The van der Waals surface area contributed by atoms with Gasteiger partial charge in [-0.1, -0.05) is 30.5 Å². The van der Waals surface area contributed by atoms with Crippen molar-refractivity contribution in [3.63, 3.8) is 0 Å². The van der Waals surface area contributed by atoms with Crippen molar-refractivity contribution in [3.05, 3.63) is 28.8 Å². The maximum atomic E-state index is 10.1. The summed E-state index contributed by atoms with van der Waals surface area (Å²) in [7, 11) is 1.97. The van der Waals surface area contributed by atoms with Gasteiger partial charge in [-0.15, -0.1) is 0 Å². The van der Waals surface area contributed by atoms with E-state index in [1.54, 1.807) is 13.0 Å². The van der Waals surface area contributed by atoms with Gasteiger partial charge in [-0.25, -0.2) is 0 Å². The van der Waals surface area contributed by atoms with Gasteiger partial charge in [-0.2, -0.15) is 0 Å². The monoisotopic (exact) mass is 283 g/mol. The zero-order valence-corrected chi connectivity index (χ0v) is 12.3. The molecule has 1 aromatic carbocycles. The molecule has 0 aliphatic heterocycles. The van der Waals surface area contributed by atoms with Gasteiger partial charge < -0.3 is 15.1 Å². The fourth-order valence-corrected chi connectivity index (χ4v) is 3.11. The smallest absolute Gasteiger partial charge is 0.0762 e. The molecule has 0 spiro atoms. The van der Waals surface area contributed by atoms with Gasteiger partial charge in [0.25, 0.3) is 0 Å². The maximum Gasteiger partial charge on any atom is 0.0762 e. The molecule has 2 unspecified atom stereocenters. The van der Waals surface area contributed by atoms with E-state index in [0.29, 0.717) is 5.02 Å². The summed E-state index contributed by atoms with van der Waals surface area (Å²) in [4.78, 5) is 2.07. The van der Waals surface area contributed by atoms with E-state index in [1.807, 2.05) is 19.2 Å². The summed E-state index contributed by atoms with van der Waals surface area (Å²) in [5, 5.41) is 20.3. The molecule has 3 nitrogen and oxygen atoms in total. The lowest BCUT2D eigenvalue weighted by molar-refractivity contribution is 0.106. The molecule has 2 rings (SSSR count). The molecular weight excluding hydrogens is 262 g/mol. The van der Waals surface area contributed by atoms with Gasteiger partial charge in [-0.3, -0.25) is 0 Å². The molecule has 0 radical (unpaired) electrons. The normalized spacial score (nSPS) is 25.1. The number of aliphatic hydroxyl groups excluding tert-OH is 2. The Kier molecular flexibility index (Phi) is 4.71. The molecule has 0 saturated heterocycles. The van der Waals surface area contributed by atoms with Crippen molar-refractivity contribution in [2.75, 3.05) is 11.9 Å². The summed E-state index contributed by atoms with van der Waals surface area (Å²) >= 11 is 6.30. The third-order valence-corrected chi connectivity index (χ3v) is 4.33. The highest BCUT2D eigenvalue weighted by Gasteiger charge is 2.27. The van der Waals surface area contributed by atoms with Crippen LogP contribution in [0.25, 0.3) is 0 Å². The average molecular weight is 284 g/mol. The Bertz CT molecular complexity index is 436. The minimum atomic E-state index is -0.517. The fourth-order valence-electron chi connectivity index (χ4n) is 2.79. The van der Waals surface area contributed by atoms with Crippen LogP contribution >= 0.6 is 11.6 Å². The molecule has 19 heavy (non-hydrogen) atoms. The Morgan fingerprint density at radius 3 is 2.58 bits per heavy atom. The summed E-state index contributed by atoms with van der Waals surface area (Å²) in [5.41, 5.74) is 1.73. The molecule has 3 atom stereocenters. The minimum Gasteiger partial charge on any atom is -0.391 e. The lowest BCUT2D eigenvalue weighted by Crippen LogP contribution is -2.43. The molecule has 0 bridgehead atoms. The lowest BCUT2D eigenvalue weighted by atomic mass is 9.91. The van der Waals surface area contributed by atoms with E-state index in [9.17, 15) is 10.2 Å². The van der Waals surface area contributed by atoms with Crippen molar-refractivity contribution in [1.29, 1.82) is 0 Å². The summed E-state index contributed by atoms with van der Waals surface area (Å²) in [5.74, 6) is 0. The van der Waals surface area contributed by atoms with Gasteiger partial charge >= 0.3 is 0 Å². The van der Waals surface area contributed by atoms with Crippen LogP contribution in [-0.2, 0) is 0 Å². The van der Waals surface area contributed by atoms with Gasteiger partial charge in [-0.05, 0) is 37.5 Å². The number of hydrogen-bond acceptors (Lipinski definition) is 3. The molecule has 1 aliphatic carbocycles. The number of likely N-dealkylation sites (N-methyl/N-ethyl adjacent to an activating group) is 1. The first kappa shape index (κ1) is 14.6. The van der Waals surface area contributed by atoms with Crippen molar-refractivity contribution >= 4 is 17.3 Å². The van der Waals surface area contributed by atoms with Crippen LogP contribution in [0.2, 0.25) is 5.02 Å². The maximum absolute atomic E-state index is 10.1. The Labute approximate surface area is 119 Å². The van der Waals surface area contributed by atoms with Crippen molar-refractivity contribution in [1.82, 2.24) is 0 Å². The van der Waals surface area contributed by atoms with Crippen LogP contribution in [0.4, 0.5) is 5.69 Å². The number of hydrogen-bond donors (Lipinski definition) is 2. The van der Waals surface area contributed by atoms with Crippen molar-refractivity contribution < 1.29 is 10.2 Å². The third-order valence-electron chi connectivity index (χ3n) is 4.03. The van der Waals surface area contributed by atoms with Gasteiger partial charge in [0.1, 0.15) is 0 Å². The SMILES string of the molecule is C[C@@H](O)c1ccc(N(C)C2CCCCC2O)c(Cl)c1. The molecule has 1 saturated carbocycles. The first-order chi connectivity index (χ1) is 9.00. The van der Waals surface area contributed by atoms with Crippen molar-refractivity contribution in [2.24, 2.45) is 0 Å². The van der Waals surface area contributed by atoms with E-state index >= 15 is 0 Å². The Hall–Kier alpha value is -0.770. The number of anilines is 1. The van der Waals surface area contributed by atoms with Crippen LogP contribution in [0.3, 0.4) is 0 Å². The molecule has 1 fully saturated rings. The highest BCUT2D eigenvalue weighted by Crippen LogP contribution is 2.33. The van der Waals surface area contributed by atoms with E-state index in [-0.39, 0.29) is 12.1 Å². The summed E-state index contributed by atoms with van der Waals surface area (Å²) < 4.78 is 0. The second kappa shape index (κ2) is 6.12. The van der Waals surface area contributed by atoms with Crippen molar-refractivity contribution in [3.8, 4) is 0 Å². The predicted molar refractivity (Wildman–Crippen MR) is 78.8 cm³/mol. The molecular formula is C15H22ClNO2. The van der Waals surface area contributed by atoms with Crippen LogP contribution in [0, 0.1) is 0 Å². The van der Waals surface area contributed by atoms with Crippen LogP contribution in [-0.4, -0.2) is 29.4 Å². The Morgan fingerprint density at radius 2 is 2.00 bits per heavy atom. The van der Waals surface area contributed by atoms with Gasteiger partial charge in [0.15, 0.2) is 0 Å². The van der Waals surface area contributed by atoms with E-state index < -0.39 is 6.10 Å². The standard InChI is InChI=1S/C15H22ClNO2/c1-10(18)11-7-8-13(12(16)9-11)17(2)14-5-3-4-6-15(14)19/h7-10,14-15,18-19H,3-6H2,1-2H3/t10-,14?,15?/m1/s1. The van der Waals surface area contributed by atoms with Crippen LogP contribution in [0.15, 0.2) is 18.2 Å². The first-order valence-electron chi connectivity index (χ1n) is 6.89. The molecule has 0 amide bonds. The zero-order chi connectivity index (χ0) is 14.0. The molecule has 1 aliphatic rings. The second-order valence-electron chi connectivity index (χ2n) is 5.42. The number of aliphatic hydroxyl groups is 2. The highest BCUT2D eigenvalue weighted by atomic mass is 35.5. The summed E-state index contributed by atoms with van der Waals surface area (Å²) in [6, 6.07) is 5.74. The third kappa shape index (κ3) is 3.22. The minimum absolute atomic E-state index is 0.128. The number of nitrogens with zero attached hydrogens (tertiary/aromatic N) is 1. The molecule has 2 N–H and O–H groups in total. The van der Waals surface area contributed by atoms with Crippen LogP contribution in [0.5, 0.6) is 0 Å². The van der Waals surface area contributed by atoms with E-state index in [4.69, 9.17) is 11.6 Å². The zero-order valence-electron chi connectivity index (χ0n) is 11.5. The number of benzene rings is 1. The molecule has 1 aromatic rings. The van der Waals surface area contributed by atoms with E-state index in [1.165, 1.54) is 0 Å². The van der Waals surface area contributed by atoms with Crippen molar-refractivity contribution in [2.45, 2.75) is 50.9 Å². The summed E-state index contributed by atoms with van der Waals surface area (Å²) in [6.45, 7) is 1.72. The second-order valence-corrected chi connectivity index (χ2v) is 5.82.